The largest absolute Gasteiger partial charge is 0.390 e. The van der Waals surface area contributed by atoms with Crippen LogP contribution < -0.4 is 0 Å². The van der Waals surface area contributed by atoms with Crippen LogP contribution in [0.1, 0.15) is 85.5 Å². The second-order valence-corrected chi connectivity index (χ2v) is 10.2. The lowest BCUT2D eigenvalue weighted by atomic mass is 9.38. The van der Waals surface area contributed by atoms with Gasteiger partial charge in [-0.3, -0.25) is 0 Å². The highest BCUT2D eigenvalue weighted by Crippen LogP contribution is 2.74. The van der Waals surface area contributed by atoms with Crippen molar-refractivity contribution in [3.63, 3.8) is 0 Å². The van der Waals surface area contributed by atoms with Gasteiger partial charge in [-0.15, -0.1) is 0 Å². The fraction of sp³-hybridized carbons (Fsp3) is 1.00. The summed E-state index contributed by atoms with van der Waals surface area (Å²) < 4.78 is 0. The first kappa shape index (κ1) is 14.5. The topological polar surface area (TPSA) is 20.2 Å². The molecule has 0 unspecified atom stereocenters. The van der Waals surface area contributed by atoms with Gasteiger partial charge in [-0.25, -0.2) is 0 Å². The normalized spacial score (nSPS) is 58.4. The van der Waals surface area contributed by atoms with E-state index in [0.717, 1.165) is 18.3 Å². The minimum absolute atomic E-state index is 0.377. The van der Waals surface area contributed by atoms with E-state index in [-0.39, 0.29) is 5.60 Å². The molecule has 4 aliphatic rings. The number of hydrogen-bond donors (Lipinski definition) is 1. The van der Waals surface area contributed by atoms with Crippen LogP contribution in [0, 0.1) is 34.0 Å². The average molecular weight is 290 g/mol. The van der Waals surface area contributed by atoms with Crippen molar-refractivity contribution in [2.45, 2.75) is 91.1 Å². The lowest BCUT2D eigenvalue weighted by Gasteiger charge is -2.67. The summed E-state index contributed by atoms with van der Waals surface area (Å²) in [4.78, 5) is 0. The Morgan fingerprint density at radius 3 is 2.33 bits per heavy atom. The standard InChI is InChI=1S/C20H34O/c1-17(2)9-5-10-18(3)16(17)7-6-15-12-19(4,21)14-8-11-20(15,18)13-14/h14-16,21H,5-13H2,1-4H3/t14-,15+,16+,18+,19-,20-/m1/s1. The van der Waals surface area contributed by atoms with Crippen LogP contribution in [0.15, 0.2) is 0 Å². The van der Waals surface area contributed by atoms with Crippen LogP contribution in [0.5, 0.6) is 0 Å². The highest BCUT2D eigenvalue weighted by molar-refractivity contribution is 5.17. The zero-order valence-electron chi connectivity index (χ0n) is 14.5. The van der Waals surface area contributed by atoms with E-state index in [1.807, 2.05) is 0 Å². The lowest BCUT2D eigenvalue weighted by molar-refractivity contribution is -0.193. The van der Waals surface area contributed by atoms with Gasteiger partial charge in [0.15, 0.2) is 0 Å². The van der Waals surface area contributed by atoms with E-state index < -0.39 is 0 Å². The molecule has 0 aromatic carbocycles. The quantitative estimate of drug-likeness (QED) is 0.652. The Balaban J connectivity index is 1.77. The van der Waals surface area contributed by atoms with Gasteiger partial charge in [-0.2, -0.15) is 0 Å². The summed E-state index contributed by atoms with van der Waals surface area (Å²) in [5, 5.41) is 10.9. The molecule has 0 aliphatic heterocycles. The fourth-order valence-electron chi connectivity index (χ4n) is 8.00. The van der Waals surface area contributed by atoms with Gasteiger partial charge in [0.1, 0.15) is 0 Å². The number of hydrogen-bond acceptors (Lipinski definition) is 1. The molecule has 0 heterocycles. The molecule has 0 aromatic heterocycles. The van der Waals surface area contributed by atoms with Crippen molar-refractivity contribution in [3.8, 4) is 0 Å². The summed E-state index contributed by atoms with van der Waals surface area (Å²) in [6, 6.07) is 0. The van der Waals surface area contributed by atoms with E-state index in [9.17, 15) is 5.11 Å². The molecule has 6 atom stereocenters. The number of fused-ring (bicyclic) bond motifs is 2. The van der Waals surface area contributed by atoms with Gasteiger partial charge < -0.3 is 5.11 Å². The minimum Gasteiger partial charge on any atom is -0.390 e. The third-order valence-corrected chi connectivity index (χ3v) is 9.04. The second-order valence-electron chi connectivity index (χ2n) is 10.2. The molecule has 1 nitrogen and oxygen atoms in total. The van der Waals surface area contributed by atoms with Crippen molar-refractivity contribution in [1.82, 2.24) is 0 Å². The van der Waals surface area contributed by atoms with Gasteiger partial charge in [0.25, 0.3) is 0 Å². The van der Waals surface area contributed by atoms with Gasteiger partial charge in [0.05, 0.1) is 5.60 Å². The van der Waals surface area contributed by atoms with Crippen molar-refractivity contribution in [1.29, 1.82) is 0 Å². The average Bonchev–Trinajstić information content (AvgIpc) is 2.77. The van der Waals surface area contributed by atoms with Crippen LogP contribution in [0.2, 0.25) is 0 Å². The third-order valence-electron chi connectivity index (χ3n) is 9.04. The smallest absolute Gasteiger partial charge is 0.0650 e. The van der Waals surface area contributed by atoms with Crippen molar-refractivity contribution in [2.24, 2.45) is 34.0 Å². The van der Waals surface area contributed by atoms with Crippen molar-refractivity contribution < 1.29 is 5.11 Å². The van der Waals surface area contributed by atoms with E-state index in [1.165, 1.54) is 51.4 Å². The molecule has 1 heteroatoms. The summed E-state index contributed by atoms with van der Waals surface area (Å²) in [5.74, 6) is 2.28. The van der Waals surface area contributed by atoms with Crippen LogP contribution in [0.25, 0.3) is 0 Å². The first-order valence-corrected chi connectivity index (χ1v) is 9.44. The fourth-order valence-corrected chi connectivity index (χ4v) is 8.00. The first-order chi connectivity index (χ1) is 9.71. The summed E-state index contributed by atoms with van der Waals surface area (Å²) >= 11 is 0. The van der Waals surface area contributed by atoms with Crippen molar-refractivity contribution in [2.75, 3.05) is 0 Å². The number of rotatable bonds is 0. The highest BCUT2D eigenvalue weighted by Gasteiger charge is 2.67. The summed E-state index contributed by atoms with van der Waals surface area (Å²) in [6.45, 7) is 9.87. The van der Waals surface area contributed by atoms with Crippen LogP contribution in [-0.4, -0.2) is 10.7 Å². The Labute approximate surface area is 130 Å². The number of aliphatic hydroxyl groups is 1. The van der Waals surface area contributed by atoms with E-state index in [2.05, 4.69) is 27.7 Å². The molecule has 1 spiro atoms. The molecule has 0 amide bonds. The molecular formula is C20H34O. The molecule has 21 heavy (non-hydrogen) atoms. The van der Waals surface area contributed by atoms with E-state index >= 15 is 0 Å². The van der Waals surface area contributed by atoms with E-state index in [1.54, 1.807) is 0 Å². The Bertz CT molecular complexity index is 451. The summed E-state index contributed by atoms with van der Waals surface area (Å²) in [5.41, 5.74) is 1.27. The van der Waals surface area contributed by atoms with Crippen molar-refractivity contribution in [3.05, 3.63) is 0 Å². The highest BCUT2D eigenvalue weighted by atomic mass is 16.3. The predicted molar refractivity (Wildman–Crippen MR) is 87.0 cm³/mol. The first-order valence-electron chi connectivity index (χ1n) is 9.44. The molecule has 1 N–H and O–H groups in total. The van der Waals surface area contributed by atoms with E-state index in [4.69, 9.17) is 0 Å². The molecule has 0 saturated heterocycles. The van der Waals surface area contributed by atoms with Gasteiger partial charge in [-0.05, 0) is 92.3 Å². The molecule has 4 fully saturated rings. The maximum Gasteiger partial charge on any atom is 0.0650 e. The molecule has 0 aromatic rings. The van der Waals surface area contributed by atoms with Gasteiger partial charge in [-0.1, -0.05) is 27.2 Å². The molecule has 0 radical (unpaired) electrons. The van der Waals surface area contributed by atoms with E-state index in [0.29, 0.717) is 22.2 Å². The van der Waals surface area contributed by atoms with Gasteiger partial charge in [0, 0.05) is 0 Å². The second kappa shape index (κ2) is 4.08. The van der Waals surface area contributed by atoms with Gasteiger partial charge in [0.2, 0.25) is 0 Å². The molecule has 4 saturated carbocycles. The van der Waals surface area contributed by atoms with Crippen LogP contribution in [-0.2, 0) is 0 Å². The Morgan fingerprint density at radius 1 is 0.810 bits per heavy atom. The van der Waals surface area contributed by atoms with Crippen molar-refractivity contribution >= 4 is 0 Å². The summed E-state index contributed by atoms with van der Waals surface area (Å²) in [7, 11) is 0. The third kappa shape index (κ3) is 1.68. The zero-order chi connectivity index (χ0) is 15.1. The minimum atomic E-state index is -0.377. The predicted octanol–water partition coefficient (Wildman–Crippen LogP) is 5.17. The SMILES string of the molecule is CC1(C)CCC[C@@]2(C)[C@H]1CC[C@H]1C[C@@](C)(O)[C@@H]3CC[C@@]12C3. The lowest BCUT2D eigenvalue weighted by Crippen LogP contribution is -2.60. The molecule has 2 bridgehead atoms. The molecule has 120 valence electrons. The summed E-state index contributed by atoms with van der Waals surface area (Å²) in [6.07, 6.45) is 12.2. The maximum atomic E-state index is 10.9. The Hall–Kier alpha value is -0.0400. The molecule has 4 aliphatic carbocycles. The molecular weight excluding hydrogens is 256 g/mol. The van der Waals surface area contributed by atoms with Crippen LogP contribution in [0.4, 0.5) is 0 Å². The maximum absolute atomic E-state index is 10.9. The van der Waals surface area contributed by atoms with Crippen LogP contribution in [0.3, 0.4) is 0 Å². The monoisotopic (exact) mass is 290 g/mol. The Kier molecular flexibility index (Phi) is 2.82. The molecule has 4 rings (SSSR count). The van der Waals surface area contributed by atoms with Gasteiger partial charge >= 0.3 is 0 Å². The Morgan fingerprint density at radius 2 is 1.57 bits per heavy atom. The zero-order valence-corrected chi connectivity index (χ0v) is 14.5. The van der Waals surface area contributed by atoms with Crippen LogP contribution >= 0.6 is 0 Å².